The van der Waals surface area contributed by atoms with Gasteiger partial charge in [0.2, 0.25) is 12.7 Å². The number of nitrogens with zero attached hydrogens (tertiary/aromatic N) is 1. The van der Waals surface area contributed by atoms with Crippen LogP contribution in [0.15, 0.2) is 84.9 Å². The van der Waals surface area contributed by atoms with Gasteiger partial charge in [0, 0.05) is 30.4 Å². The standard InChI is InChI=1S/C31H26N2O6/c34-26(23-11-13-27-28(17-23)39-19-38-27)12-14-30(35)33-29-18-24(16-25(32-29)22-4-2-1-3-5-22)21-9-6-20(7-10-21)8-15-31(36)37/h1-7,9-11,13,16-18H,8,12,14-15,19H2,(H,36,37)(H,32,33,35). The fraction of sp³-hybridized carbons (Fsp3) is 0.161. The number of rotatable bonds is 10. The number of aromatic nitrogens is 1. The molecule has 0 bridgehead atoms. The van der Waals surface area contributed by atoms with Crippen LogP contribution in [0.25, 0.3) is 22.4 Å². The number of carboxylic acid groups (broad SMARTS) is 1. The lowest BCUT2D eigenvalue weighted by molar-refractivity contribution is -0.137. The van der Waals surface area contributed by atoms with Crippen molar-refractivity contribution < 1.29 is 29.0 Å². The number of hydrogen-bond acceptors (Lipinski definition) is 6. The Labute approximate surface area is 225 Å². The molecule has 1 aliphatic rings. The number of anilines is 1. The highest BCUT2D eigenvalue weighted by atomic mass is 16.7. The number of Topliss-reactive ketones (excluding diaryl/α,β-unsaturated/α-hetero) is 1. The summed E-state index contributed by atoms with van der Waals surface area (Å²) in [7, 11) is 0. The van der Waals surface area contributed by atoms with Gasteiger partial charge in [0.15, 0.2) is 17.3 Å². The molecule has 0 aliphatic carbocycles. The van der Waals surface area contributed by atoms with Gasteiger partial charge in [-0.3, -0.25) is 14.4 Å². The molecule has 0 spiro atoms. The van der Waals surface area contributed by atoms with Gasteiger partial charge in [-0.15, -0.1) is 0 Å². The Bertz CT molecular complexity index is 1520. The van der Waals surface area contributed by atoms with Crippen molar-refractivity contribution in [1.82, 2.24) is 4.98 Å². The summed E-state index contributed by atoms with van der Waals surface area (Å²) in [5.41, 5.74) is 4.73. The van der Waals surface area contributed by atoms with Crippen LogP contribution in [-0.4, -0.2) is 34.5 Å². The molecule has 0 saturated heterocycles. The van der Waals surface area contributed by atoms with Crippen molar-refractivity contribution in [2.45, 2.75) is 25.7 Å². The van der Waals surface area contributed by atoms with Crippen LogP contribution in [0, 0.1) is 0 Å². The van der Waals surface area contributed by atoms with E-state index in [2.05, 4.69) is 10.3 Å². The van der Waals surface area contributed by atoms with Crippen LogP contribution >= 0.6 is 0 Å². The molecule has 0 fully saturated rings. The van der Waals surface area contributed by atoms with Crippen molar-refractivity contribution in [3.8, 4) is 33.9 Å². The van der Waals surface area contributed by atoms with Crippen molar-refractivity contribution >= 4 is 23.5 Å². The van der Waals surface area contributed by atoms with E-state index in [0.29, 0.717) is 35.0 Å². The number of fused-ring (bicyclic) bond motifs is 1. The zero-order chi connectivity index (χ0) is 27.2. The Kier molecular flexibility index (Phi) is 7.63. The van der Waals surface area contributed by atoms with Gasteiger partial charge in [-0.05, 0) is 53.4 Å². The minimum Gasteiger partial charge on any atom is -0.481 e. The highest BCUT2D eigenvalue weighted by Crippen LogP contribution is 2.33. The molecule has 0 unspecified atom stereocenters. The number of hydrogen-bond donors (Lipinski definition) is 2. The van der Waals surface area contributed by atoms with Crippen molar-refractivity contribution in [3.63, 3.8) is 0 Å². The number of aliphatic carboxylic acids is 1. The van der Waals surface area contributed by atoms with Gasteiger partial charge in [0.05, 0.1) is 5.69 Å². The van der Waals surface area contributed by atoms with Crippen LogP contribution in [0.5, 0.6) is 11.5 Å². The molecule has 1 aliphatic heterocycles. The van der Waals surface area contributed by atoms with Crippen LogP contribution in [0.3, 0.4) is 0 Å². The summed E-state index contributed by atoms with van der Waals surface area (Å²) < 4.78 is 10.6. The summed E-state index contributed by atoms with van der Waals surface area (Å²) in [5.74, 6) is 0.171. The Hall–Kier alpha value is -4.98. The lowest BCUT2D eigenvalue weighted by Gasteiger charge is -2.11. The number of nitrogens with one attached hydrogen (secondary N) is 1. The summed E-state index contributed by atoms with van der Waals surface area (Å²) >= 11 is 0. The molecule has 1 aromatic heterocycles. The van der Waals surface area contributed by atoms with E-state index in [-0.39, 0.29) is 37.7 Å². The number of pyridine rings is 1. The Morgan fingerprint density at radius 2 is 1.54 bits per heavy atom. The topological polar surface area (TPSA) is 115 Å². The molecule has 1 amide bonds. The molecule has 2 heterocycles. The number of carbonyl (C=O) groups excluding carboxylic acids is 2. The summed E-state index contributed by atoms with van der Waals surface area (Å²) in [6.07, 6.45) is 0.556. The highest BCUT2D eigenvalue weighted by Gasteiger charge is 2.17. The van der Waals surface area contributed by atoms with Gasteiger partial charge in [0.1, 0.15) is 5.82 Å². The third-order valence-corrected chi connectivity index (χ3v) is 6.35. The lowest BCUT2D eigenvalue weighted by atomic mass is 10.0. The maximum atomic E-state index is 12.8. The first-order valence-electron chi connectivity index (χ1n) is 12.6. The molecule has 3 aromatic carbocycles. The minimum atomic E-state index is -0.835. The van der Waals surface area contributed by atoms with Crippen LogP contribution in [0.4, 0.5) is 5.82 Å². The average molecular weight is 523 g/mol. The molecule has 0 saturated carbocycles. The summed E-state index contributed by atoms with van der Waals surface area (Å²) in [4.78, 5) is 41.0. The largest absolute Gasteiger partial charge is 0.481 e. The van der Waals surface area contributed by atoms with Crippen molar-refractivity contribution in [2.75, 3.05) is 12.1 Å². The SMILES string of the molecule is O=C(O)CCc1ccc(-c2cc(NC(=O)CCC(=O)c3ccc4c(c3)OCO4)nc(-c3ccccc3)c2)cc1. The fourth-order valence-electron chi connectivity index (χ4n) is 4.28. The van der Waals surface area contributed by atoms with E-state index in [1.807, 2.05) is 60.7 Å². The Morgan fingerprint density at radius 3 is 2.31 bits per heavy atom. The molecule has 0 radical (unpaired) electrons. The minimum absolute atomic E-state index is 0.00186. The first-order chi connectivity index (χ1) is 18.9. The van der Waals surface area contributed by atoms with Gasteiger partial charge < -0.3 is 19.9 Å². The number of aryl methyl sites for hydroxylation is 1. The Morgan fingerprint density at radius 1 is 0.769 bits per heavy atom. The van der Waals surface area contributed by atoms with E-state index >= 15 is 0 Å². The maximum Gasteiger partial charge on any atom is 0.303 e. The van der Waals surface area contributed by atoms with Gasteiger partial charge in [-0.2, -0.15) is 0 Å². The molecule has 5 rings (SSSR count). The quantitative estimate of drug-likeness (QED) is 0.254. The summed E-state index contributed by atoms with van der Waals surface area (Å²) in [6, 6.07) is 26.0. The van der Waals surface area contributed by atoms with Gasteiger partial charge in [0.25, 0.3) is 0 Å². The summed E-state index contributed by atoms with van der Waals surface area (Å²) in [5, 5.41) is 11.8. The monoisotopic (exact) mass is 522 g/mol. The predicted octanol–water partition coefficient (Wildman–Crippen LogP) is 5.76. The van der Waals surface area contributed by atoms with Crippen LogP contribution < -0.4 is 14.8 Å². The third-order valence-electron chi connectivity index (χ3n) is 6.35. The third kappa shape index (κ3) is 6.48. The zero-order valence-electron chi connectivity index (χ0n) is 21.1. The second kappa shape index (κ2) is 11.6. The smallest absolute Gasteiger partial charge is 0.303 e. The number of amides is 1. The van der Waals surface area contributed by atoms with Crippen LogP contribution in [0.1, 0.15) is 35.2 Å². The van der Waals surface area contributed by atoms with E-state index in [4.69, 9.17) is 14.6 Å². The normalized spacial score (nSPS) is 11.7. The average Bonchev–Trinajstić information content (AvgIpc) is 3.43. The summed E-state index contributed by atoms with van der Waals surface area (Å²) in [6.45, 7) is 0.126. The van der Waals surface area contributed by atoms with E-state index in [1.165, 1.54) is 0 Å². The van der Waals surface area contributed by atoms with Crippen molar-refractivity contribution in [1.29, 1.82) is 0 Å². The van der Waals surface area contributed by atoms with Crippen molar-refractivity contribution in [3.05, 3.63) is 96.1 Å². The zero-order valence-corrected chi connectivity index (χ0v) is 21.1. The second-order valence-corrected chi connectivity index (χ2v) is 9.12. The molecular weight excluding hydrogens is 496 g/mol. The first kappa shape index (κ1) is 25.7. The number of ether oxygens (including phenoxy) is 2. The second-order valence-electron chi connectivity index (χ2n) is 9.12. The van der Waals surface area contributed by atoms with Crippen LogP contribution in [-0.2, 0) is 16.0 Å². The van der Waals surface area contributed by atoms with E-state index in [1.54, 1.807) is 24.3 Å². The van der Waals surface area contributed by atoms with E-state index < -0.39 is 5.97 Å². The number of ketones is 1. The van der Waals surface area contributed by atoms with Crippen molar-refractivity contribution in [2.24, 2.45) is 0 Å². The number of carboxylic acids is 1. The Balaban J connectivity index is 1.31. The van der Waals surface area contributed by atoms with Crippen LogP contribution in [0.2, 0.25) is 0 Å². The highest BCUT2D eigenvalue weighted by molar-refractivity contribution is 6.00. The van der Waals surface area contributed by atoms with Gasteiger partial charge >= 0.3 is 5.97 Å². The van der Waals surface area contributed by atoms with E-state index in [0.717, 1.165) is 22.3 Å². The predicted molar refractivity (Wildman–Crippen MR) is 146 cm³/mol. The molecule has 8 nitrogen and oxygen atoms in total. The number of carbonyl (C=O) groups is 3. The lowest BCUT2D eigenvalue weighted by Crippen LogP contribution is -2.14. The molecule has 4 aromatic rings. The fourth-order valence-corrected chi connectivity index (χ4v) is 4.28. The molecule has 39 heavy (non-hydrogen) atoms. The van der Waals surface area contributed by atoms with E-state index in [9.17, 15) is 14.4 Å². The van der Waals surface area contributed by atoms with Gasteiger partial charge in [-0.25, -0.2) is 4.98 Å². The molecule has 0 atom stereocenters. The van der Waals surface area contributed by atoms with Gasteiger partial charge in [-0.1, -0.05) is 54.6 Å². The first-order valence-corrected chi connectivity index (χ1v) is 12.6. The maximum absolute atomic E-state index is 12.8. The molecule has 196 valence electrons. The number of benzene rings is 3. The molecule has 8 heteroatoms. The molecule has 2 N–H and O–H groups in total. The molecular formula is C31H26N2O6.